The van der Waals surface area contributed by atoms with Gasteiger partial charge in [0, 0.05) is 18.8 Å². The average molecular weight is 423 g/mol. The van der Waals surface area contributed by atoms with Crippen LogP contribution in [0.4, 0.5) is 5.69 Å². The third-order valence-corrected chi connectivity index (χ3v) is 8.56. The van der Waals surface area contributed by atoms with E-state index in [0.29, 0.717) is 30.3 Å². The molecule has 8 heteroatoms. The predicted octanol–water partition coefficient (Wildman–Crippen LogP) is 3.52. The van der Waals surface area contributed by atoms with Crippen molar-refractivity contribution in [3.8, 4) is 0 Å². The number of rotatable bonds is 5. The molecule has 6 nitrogen and oxygen atoms in total. The molecule has 0 saturated carbocycles. The summed E-state index contributed by atoms with van der Waals surface area (Å²) in [5, 5.41) is 0. The van der Waals surface area contributed by atoms with Crippen molar-refractivity contribution in [2.24, 2.45) is 5.92 Å². The van der Waals surface area contributed by atoms with Crippen LogP contribution >= 0.6 is 0 Å². The smallest absolute Gasteiger partial charge is 0.262 e. The van der Waals surface area contributed by atoms with Gasteiger partial charge in [-0.15, -0.1) is 0 Å². The lowest BCUT2D eigenvalue weighted by Gasteiger charge is -2.29. The summed E-state index contributed by atoms with van der Waals surface area (Å²) in [5.74, 6) is 0.535. The number of hydrogen-bond acceptors (Lipinski definition) is 4. The van der Waals surface area contributed by atoms with Gasteiger partial charge in [0.1, 0.15) is 0 Å². The molecule has 3 rings (SSSR count). The summed E-state index contributed by atoms with van der Waals surface area (Å²) in [6.45, 7) is 6.73. The fraction of sp³-hybridized carbons (Fsp3) is 0.400. The zero-order valence-corrected chi connectivity index (χ0v) is 18.0. The maximum absolute atomic E-state index is 12.8. The normalized spacial score (nSPS) is 16.8. The van der Waals surface area contributed by atoms with Crippen molar-refractivity contribution in [3.05, 3.63) is 53.6 Å². The monoisotopic (exact) mass is 422 g/mol. The lowest BCUT2D eigenvalue weighted by molar-refractivity contribution is 0.288. The van der Waals surface area contributed by atoms with Crippen molar-refractivity contribution in [1.82, 2.24) is 4.31 Å². The molecule has 28 heavy (non-hydrogen) atoms. The van der Waals surface area contributed by atoms with Crippen molar-refractivity contribution < 1.29 is 16.8 Å². The molecule has 0 unspecified atom stereocenters. The first kappa shape index (κ1) is 20.8. The van der Waals surface area contributed by atoms with Gasteiger partial charge in [-0.2, -0.15) is 4.31 Å². The Morgan fingerprint density at radius 1 is 0.929 bits per heavy atom. The molecule has 0 radical (unpaired) electrons. The third kappa shape index (κ3) is 4.39. The zero-order valence-electron chi connectivity index (χ0n) is 16.3. The lowest BCUT2D eigenvalue weighted by atomic mass is 10.0. The van der Waals surface area contributed by atoms with Crippen LogP contribution < -0.4 is 4.72 Å². The maximum Gasteiger partial charge on any atom is 0.262 e. The minimum atomic E-state index is -3.75. The summed E-state index contributed by atoms with van der Waals surface area (Å²) >= 11 is 0. The van der Waals surface area contributed by atoms with Crippen LogP contribution in [0.2, 0.25) is 0 Å². The number of nitrogens with one attached hydrogen (secondary N) is 1. The van der Waals surface area contributed by atoms with Gasteiger partial charge in [-0.3, -0.25) is 4.72 Å². The van der Waals surface area contributed by atoms with Gasteiger partial charge < -0.3 is 0 Å². The molecule has 1 N–H and O–H groups in total. The van der Waals surface area contributed by atoms with E-state index in [1.54, 1.807) is 19.1 Å². The largest absolute Gasteiger partial charge is 0.280 e. The zero-order chi connectivity index (χ0) is 20.5. The highest BCUT2D eigenvalue weighted by Gasteiger charge is 2.28. The molecule has 0 aliphatic carbocycles. The summed E-state index contributed by atoms with van der Waals surface area (Å²) in [6.07, 6.45) is 1.71. The molecule has 1 saturated heterocycles. The number of sulfonamides is 2. The van der Waals surface area contributed by atoms with E-state index >= 15 is 0 Å². The van der Waals surface area contributed by atoms with Gasteiger partial charge in [0.2, 0.25) is 10.0 Å². The molecule has 1 heterocycles. The van der Waals surface area contributed by atoms with Crippen LogP contribution in [0.1, 0.15) is 30.9 Å². The Morgan fingerprint density at radius 2 is 1.54 bits per heavy atom. The van der Waals surface area contributed by atoms with Crippen molar-refractivity contribution in [2.75, 3.05) is 17.8 Å². The predicted molar refractivity (Wildman–Crippen MR) is 110 cm³/mol. The summed E-state index contributed by atoms with van der Waals surface area (Å²) < 4.78 is 55.0. The molecule has 1 aliphatic rings. The number of aryl methyl sites for hydroxylation is 2. The molecule has 2 aromatic carbocycles. The Kier molecular flexibility index (Phi) is 5.84. The van der Waals surface area contributed by atoms with Crippen molar-refractivity contribution in [1.29, 1.82) is 0 Å². The highest BCUT2D eigenvalue weighted by Crippen LogP contribution is 2.25. The lowest BCUT2D eigenvalue weighted by Crippen LogP contribution is -2.37. The SMILES string of the molecule is Cc1ccc(C)c(S(=O)(=O)Nc2ccc(S(=O)(=O)N3CCC(C)CC3)cc2)c1. The van der Waals surface area contributed by atoms with Crippen LogP contribution in [0.15, 0.2) is 52.3 Å². The number of piperidine rings is 1. The molecule has 1 fully saturated rings. The number of benzene rings is 2. The number of anilines is 1. The molecular weight excluding hydrogens is 396 g/mol. The first-order valence-corrected chi connectivity index (χ1v) is 12.2. The van der Waals surface area contributed by atoms with Crippen molar-refractivity contribution in [2.45, 2.75) is 43.4 Å². The summed E-state index contributed by atoms with van der Waals surface area (Å²) in [6, 6.07) is 11.1. The van der Waals surface area contributed by atoms with E-state index in [1.807, 2.05) is 13.0 Å². The van der Waals surface area contributed by atoms with Gasteiger partial charge in [-0.25, -0.2) is 16.8 Å². The molecule has 0 atom stereocenters. The second-order valence-electron chi connectivity index (χ2n) is 7.49. The minimum Gasteiger partial charge on any atom is -0.280 e. The summed E-state index contributed by atoms with van der Waals surface area (Å²) in [4.78, 5) is 0.392. The second-order valence-corrected chi connectivity index (χ2v) is 11.1. The Bertz CT molecular complexity index is 1050. The van der Waals surface area contributed by atoms with Gasteiger partial charge in [-0.05, 0) is 74.1 Å². The number of hydrogen-bond donors (Lipinski definition) is 1. The molecule has 0 spiro atoms. The van der Waals surface area contributed by atoms with Crippen LogP contribution in [-0.2, 0) is 20.0 Å². The summed E-state index contributed by atoms with van der Waals surface area (Å²) in [5.41, 5.74) is 1.83. The molecule has 2 aromatic rings. The van der Waals surface area contributed by atoms with E-state index < -0.39 is 20.0 Å². The van der Waals surface area contributed by atoms with Crippen LogP contribution in [0, 0.1) is 19.8 Å². The van der Waals surface area contributed by atoms with E-state index in [1.165, 1.54) is 28.6 Å². The second kappa shape index (κ2) is 7.85. The Hall–Kier alpha value is -1.90. The fourth-order valence-electron chi connectivity index (χ4n) is 3.28. The quantitative estimate of drug-likeness (QED) is 0.799. The molecule has 1 aliphatic heterocycles. The van der Waals surface area contributed by atoms with Crippen LogP contribution in [0.5, 0.6) is 0 Å². The number of nitrogens with zero attached hydrogens (tertiary/aromatic N) is 1. The van der Waals surface area contributed by atoms with Crippen molar-refractivity contribution in [3.63, 3.8) is 0 Å². The Balaban J connectivity index is 1.80. The topological polar surface area (TPSA) is 83.5 Å². The van der Waals surface area contributed by atoms with Gasteiger partial charge in [0.15, 0.2) is 0 Å². The van der Waals surface area contributed by atoms with Crippen LogP contribution in [-0.4, -0.2) is 34.2 Å². The van der Waals surface area contributed by atoms with E-state index in [2.05, 4.69) is 11.6 Å². The van der Waals surface area contributed by atoms with Crippen LogP contribution in [0.25, 0.3) is 0 Å². The standard InChI is InChI=1S/C20H26N2O4S2/c1-15-10-12-22(13-11-15)28(25,26)19-8-6-18(7-9-19)21-27(23,24)20-14-16(2)4-5-17(20)3/h4-9,14-15,21H,10-13H2,1-3H3. The Labute approximate surface area is 167 Å². The summed E-state index contributed by atoms with van der Waals surface area (Å²) in [7, 11) is -7.31. The highest BCUT2D eigenvalue weighted by molar-refractivity contribution is 7.92. The van der Waals surface area contributed by atoms with Crippen molar-refractivity contribution >= 4 is 25.7 Å². The van der Waals surface area contributed by atoms with Gasteiger partial charge in [0.25, 0.3) is 10.0 Å². The fourth-order valence-corrected chi connectivity index (χ4v) is 6.14. The highest BCUT2D eigenvalue weighted by atomic mass is 32.2. The third-order valence-electron chi connectivity index (χ3n) is 5.12. The molecular formula is C20H26N2O4S2. The van der Waals surface area contributed by atoms with E-state index in [9.17, 15) is 16.8 Å². The molecule has 0 bridgehead atoms. The Morgan fingerprint density at radius 3 is 2.14 bits per heavy atom. The van der Waals surface area contributed by atoms with E-state index in [0.717, 1.165) is 18.4 Å². The van der Waals surface area contributed by atoms with Gasteiger partial charge >= 0.3 is 0 Å². The molecule has 0 amide bonds. The maximum atomic E-state index is 12.8. The first-order valence-electron chi connectivity index (χ1n) is 9.30. The minimum absolute atomic E-state index is 0.178. The van der Waals surface area contributed by atoms with E-state index in [4.69, 9.17) is 0 Å². The first-order chi connectivity index (χ1) is 13.1. The molecule has 152 valence electrons. The van der Waals surface area contributed by atoms with E-state index in [-0.39, 0.29) is 9.79 Å². The van der Waals surface area contributed by atoms with Crippen LogP contribution in [0.3, 0.4) is 0 Å². The van der Waals surface area contributed by atoms with Gasteiger partial charge in [0.05, 0.1) is 9.79 Å². The average Bonchev–Trinajstić information content (AvgIpc) is 2.64. The molecule has 0 aromatic heterocycles. The van der Waals surface area contributed by atoms with Gasteiger partial charge in [-0.1, -0.05) is 19.1 Å².